The third-order valence-electron chi connectivity index (χ3n) is 5.57. The summed E-state index contributed by atoms with van der Waals surface area (Å²) < 4.78 is 10.4. The van der Waals surface area contributed by atoms with Crippen LogP contribution in [0.3, 0.4) is 0 Å². The van der Waals surface area contributed by atoms with Gasteiger partial charge in [-0.15, -0.1) is 0 Å². The zero-order valence-corrected chi connectivity index (χ0v) is 18.6. The van der Waals surface area contributed by atoms with Crippen LogP contribution in [-0.2, 0) is 6.42 Å². The van der Waals surface area contributed by atoms with Gasteiger partial charge in [-0.05, 0) is 38.3 Å². The van der Waals surface area contributed by atoms with Crippen molar-refractivity contribution in [2.24, 2.45) is 0 Å². The van der Waals surface area contributed by atoms with Crippen LogP contribution in [0, 0.1) is 6.92 Å². The molecule has 0 saturated carbocycles. The zero-order chi connectivity index (χ0) is 22.2. The Bertz CT molecular complexity index is 1010. The molecular formula is C25H32N2O4. The van der Waals surface area contributed by atoms with Crippen molar-refractivity contribution >= 4 is 17.1 Å². The molecule has 0 bridgehead atoms. The van der Waals surface area contributed by atoms with Gasteiger partial charge in [-0.1, -0.05) is 43.5 Å². The molecule has 0 saturated heterocycles. The average Bonchev–Trinajstić information content (AvgIpc) is 3.19. The lowest BCUT2D eigenvalue weighted by Crippen LogP contribution is -1.96. The summed E-state index contributed by atoms with van der Waals surface area (Å²) >= 11 is 0. The highest BCUT2D eigenvalue weighted by atomic mass is 16.5. The molecule has 0 aliphatic rings. The monoisotopic (exact) mass is 424 g/mol. The number of benzene rings is 2. The molecule has 0 unspecified atom stereocenters. The van der Waals surface area contributed by atoms with Crippen LogP contribution in [-0.4, -0.2) is 34.4 Å². The summed E-state index contributed by atoms with van der Waals surface area (Å²) in [5, 5.41) is 20.8. The molecular weight excluding hydrogens is 392 g/mol. The number of aromatic amines is 1. The van der Waals surface area contributed by atoms with E-state index in [1.807, 2.05) is 30.4 Å². The van der Waals surface area contributed by atoms with E-state index in [0.29, 0.717) is 11.1 Å². The number of methoxy groups -OCH3 is 2. The first-order chi connectivity index (χ1) is 15.1. The maximum absolute atomic E-state index is 10.5. The minimum atomic E-state index is -0.0171. The number of imidazole rings is 1. The lowest BCUT2D eigenvalue weighted by molar-refractivity contribution is 0.315. The number of H-pyrrole nitrogens is 1. The number of nitrogens with one attached hydrogen (secondary N) is 1. The number of ether oxygens (including phenoxy) is 2. The van der Waals surface area contributed by atoms with Crippen LogP contribution in [0.25, 0.3) is 17.1 Å². The maximum Gasteiger partial charge on any atom is 0.207 e. The second-order valence-electron chi connectivity index (χ2n) is 7.71. The highest BCUT2D eigenvalue weighted by molar-refractivity contribution is 5.75. The molecule has 0 aliphatic heterocycles. The van der Waals surface area contributed by atoms with Gasteiger partial charge in [0.15, 0.2) is 11.5 Å². The number of phenolic OH excluding ortho intramolecular Hbond substituents is 2. The summed E-state index contributed by atoms with van der Waals surface area (Å²) in [6.45, 7) is 1.75. The van der Waals surface area contributed by atoms with Crippen LogP contribution < -0.4 is 9.47 Å². The first-order valence-corrected chi connectivity index (χ1v) is 10.8. The number of aromatic nitrogens is 2. The van der Waals surface area contributed by atoms with Crippen LogP contribution in [0.15, 0.2) is 30.3 Å². The fraction of sp³-hybridized carbons (Fsp3) is 0.400. The number of fused-ring (bicyclic) bond motifs is 1. The van der Waals surface area contributed by atoms with Gasteiger partial charge < -0.3 is 24.7 Å². The van der Waals surface area contributed by atoms with E-state index in [4.69, 9.17) is 9.47 Å². The first kappa shape index (κ1) is 22.5. The van der Waals surface area contributed by atoms with Crippen molar-refractivity contribution in [3.8, 4) is 23.0 Å². The van der Waals surface area contributed by atoms with Crippen molar-refractivity contribution in [3.63, 3.8) is 0 Å². The molecule has 6 heteroatoms. The molecule has 0 aliphatic carbocycles. The normalized spacial score (nSPS) is 11.5. The molecule has 31 heavy (non-hydrogen) atoms. The van der Waals surface area contributed by atoms with E-state index < -0.39 is 0 Å². The highest BCUT2D eigenvalue weighted by Crippen LogP contribution is 2.48. The number of hydrogen-bond donors (Lipinski definition) is 3. The van der Waals surface area contributed by atoms with Gasteiger partial charge in [0.25, 0.3) is 0 Å². The Morgan fingerprint density at radius 3 is 2.35 bits per heavy atom. The summed E-state index contributed by atoms with van der Waals surface area (Å²) in [6.07, 6.45) is 11.5. The molecule has 0 spiro atoms. The minimum Gasteiger partial charge on any atom is -0.504 e. The number of allylic oxidation sites excluding steroid dienone is 1. The average molecular weight is 425 g/mol. The zero-order valence-electron chi connectivity index (χ0n) is 18.6. The molecule has 166 valence electrons. The Balaban J connectivity index is 1.40. The summed E-state index contributed by atoms with van der Waals surface area (Å²) in [6, 6.07) is 8.13. The van der Waals surface area contributed by atoms with E-state index >= 15 is 0 Å². The minimum absolute atomic E-state index is 0.0127. The molecule has 0 amide bonds. The Hall–Kier alpha value is -3.15. The molecule has 3 rings (SSSR count). The number of para-hydroxylation sites is 2. The summed E-state index contributed by atoms with van der Waals surface area (Å²) in [5.41, 5.74) is 3.26. The molecule has 1 aromatic heterocycles. The molecule has 2 aromatic carbocycles. The predicted molar refractivity (Wildman–Crippen MR) is 124 cm³/mol. The third kappa shape index (κ3) is 5.32. The molecule has 0 radical (unpaired) electrons. The van der Waals surface area contributed by atoms with Gasteiger partial charge in [0.2, 0.25) is 11.5 Å². The molecule has 1 heterocycles. The number of phenols is 2. The van der Waals surface area contributed by atoms with E-state index in [-0.39, 0.29) is 23.0 Å². The fourth-order valence-corrected chi connectivity index (χ4v) is 3.81. The topological polar surface area (TPSA) is 87.6 Å². The lowest BCUT2D eigenvalue weighted by atomic mass is 10.0. The van der Waals surface area contributed by atoms with Crippen molar-refractivity contribution < 1.29 is 19.7 Å². The quantitative estimate of drug-likeness (QED) is 0.264. The van der Waals surface area contributed by atoms with E-state index in [9.17, 15) is 10.2 Å². The van der Waals surface area contributed by atoms with Crippen LogP contribution >= 0.6 is 0 Å². The van der Waals surface area contributed by atoms with E-state index in [1.54, 1.807) is 6.92 Å². The molecule has 0 fully saturated rings. The van der Waals surface area contributed by atoms with Gasteiger partial charge in [0, 0.05) is 17.5 Å². The van der Waals surface area contributed by atoms with Crippen molar-refractivity contribution in [2.45, 2.75) is 51.9 Å². The standard InChI is InChI=1S/C25H32N2O4/c1-17-18(23(29)25(31-3)24(30-2)22(17)28)13-9-7-5-4-6-8-10-16-21-26-19-14-11-12-15-20(19)27-21/h9,11-15,28-29H,4-8,10,16H2,1-3H3,(H,26,27)/b13-9+. The SMILES string of the molecule is COc1c(O)c(C)c(/C=C/CCCCCCCc2nc3ccccc3[nH]2)c(O)c1OC. The van der Waals surface area contributed by atoms with Gasteiger partial charge in [-0.2, -0.15) is 0 Å². The second-order valence-corrected chi connectivity index (χ2v) is 7.71. The fourth-order valence-electron chi connectivity index (χ4n) is 3.81. The summed E-state index contributed by atoms with van der Waals surface area (Å²) in [4.78, 5) is 8.01. The van der Waals surface area contributed by atoms with E-state index in [1.165, 1.54) is 27.1 Å². The lowest BCUT2D eigenvalue weighted by Gasteiger charge is -2.16. The number of aromatic hydroxyl groups is 2. The second kappa shape index (κ2) is 10.8. The highest BCUT2D eigenvalue weighted by Gasteiger charge is 2.21. The van der Waals surface area contributed by atoms with Crippen molar-refractivity contribution in [1.29, 1.82) is 0 Å². The summed E-state index contributed by atoms with van der Waals surface area (Å²) in [7, 11) is 2.87. The smallest absolute Gasteiger partial charge is 0.207 e. The number of aryl methyl sites for hydroxylation is 1. The molecule has 6 nitrogen and oxygen atoms in total. The van der Waals surface area contributed by atoms with Gasteiger partial charge in [-0.3, -0.25) is 0 Å². The number of hydrogen-bond acceptors (Lipinski definition) is 5. The largest absolute Gasteiger partial charge is 0.504 e. The van der Waals surface area contributed by atoms with Gasteiger partial charge in [0.05, 0.1) is 25.3 Å². The molecule has 0 atom stereocenters. The van der Waals surface area contributed by atoms with Crippen molar-refractivity contribution in [1.82, 2.24) is 9.97 Å². The van der Waals surface area contributed by atoms with Gasteiger partial charge >= 0.3 is 0 Å². The maximum atomic E-state index is 10.5. The Labute approximate surface area is 183 Å². The van der Waals surface area contributed by atoms with Gasteiger partial charge in [0.1, 0.15) is 5.82 Å². The first-order valence-electron chi connectivity index (χ1n) is 10.8. The Morgan fingerprint density at radius 2 is 1.61 bits per heavy atom. The molecule has 3 N–H and O–H groups in total. The molecule has 3 aromatic rings. The van der Waals surface area contributed by atoms with Crippen molar-refractivity contribution in [2.75, 3.05) is 14.2 Å². The van der Waals surface area contributed by atoms with E-state index in [2.05, 4.69) is 16.0 Å². The number of nitrogens with zero attached hydrogens (tertiary/aromatic N) is 1. The van der Waals surface area contributed by atoms with Crippen LogP contribution in [0.4, 0.5) is 0 Å². The number of unbranched alkanes of at least 4 members (excludes halogenated alkanes) is 5. The van der Waals surface area contributed by atoms with Crippen LogP contribution in [0.2, 0.25) is 0 Å². The van der Waals surface area contributed by atoms with Crippen LogP contribution in [0.1, 0.15) is 55.5 Å². The predicted octanol–water partition coefficient (Wildman–Crippen LogP) is 5.90. The Morgan fingerprint density at radius 1 is 0.935 bits per heavy atom. The van der Waals surface area contributed by atoms with Crippen LogP contribution in [0.5, 0.6) is 23.0 Å². The van der Waals surface area contributed by atoms with E-state index in [0.717, 1.165) is 49.0 Å². The summed E-state index contributed by atoms with van der Waals surface area (Å²) in [5.74, 6) is 1.34. The Kier molecular flexibility index (Phi) is 7.82. The number of rotatable bonds is 11. The van der Waals surface area contributed by atoms with Crippen molar-refractivity contribution in [3.05, 3.63) is 47.3 Å². The van der Waals surface area contributed by atoms with Gasteiger partial charge in [-0.25, -0.2) is 4.98 Å². The third-order valence-corrected chi connectivity index (χ3v) is 5.57.